The molecule has 5 heterocycles. The number of thioether (sulfide) groups is 1. The SMILES string of the molecule is CCCC(=O)SCCOP(=O)(Oc1cccnc1)C(F)(F)c1ccc2sc(C(=O)N[C@H]3CCCC[C@H]4CC[C@@H](C(=O)N5C[C@H](c6ccccc6)[C@@H](C#N)C5)N4C3=O)cc2c1. The van der Waals surface area contributed by atoms with Crippen molar-refractivity contribution in [1.29, 1.82) is 5.26 Å². The number of halogens is 2. The topological polar surface area (TPSA) is 159 Å². The maximum atomic E-state index is 16.4. The number of nitriles is 1. The molecule has 7 rings (SSSR count). The Labute approximate surface area is 355 Å². The molecule has 1 unspecified atom stereocenters. The zero-order valence-corrected chi connectivity index (χ0v) is 35.6. The first-order chi connectivity index (χ1) is 28.9. The number of fused-ring (bicyclic) bond motifs is 2. The van der Waals surface area contributed by atoms with Crippen LogP contribution in [0.1, 0.15) is 85.0 Å². The lowest BCUT2D eigenvalue weighted by atomic mass is 9.90. The third kappa shape index (κ3) is 9.29. The molecule has 0 bridgehead atoms. The van der Waals surface area contributed by atoms with E-state index in [1.54, 1.807) is 9.80 Å². The van der Waals surface area contributed by atoms with Gasteiger partial charge in [0.1, 0.15) is 17.8 Å². The molecule has 3 fully saturated rings. The normalized spacial score (nSPS) is 23.0. The Kier molecular flexibility index (Phi) is 13.7. The zero-order valence-electron chi connectivity index (χ0n) is 33.0. The summed E-state index contributed by atoms with van der Waals surface area (Å²) in [4.78, 5) is 61.7. The van der Waals surface area contributed by atoms with Gasteiger partial charge >= 0.3 is 13.3 Å². The van der Waals surface area contributed by atoms with E-state index in [1.165, 1.54) is 30.5 Å². The highest BCUT2D eigenvalue weighted by molar-refractivity contribution is 8.13. The van der Waals surface area contributed by atoms with Gasteiger partial charge in [-0.3, -0.25) is 28.7 Å². The van der Waals surface area contributed by atoms with Gasteiger partial charge in [-0.15, -0.1) is 11.3 Å². The molecule has 0 radical (unpaired) electrons. The maximum absolute atomic E-state index is 16.4. The lowest BCUT2D eigenvalue weighted by molar-refractivity contribution is -0.146. The van der Waals surface area contributed by atoms with Gasteiger partial charge < -0.3 is 19.6 Å². The van der Waals surface area contributed by atoms with E-state index in [2.05, 4.69) is 16.4 Å². The van der Waals surface area contributed by atoms with Crippen LogP contribution < -0.4 is 9.84 Å². The van der Waals surface area contributed by atoms with Gasteiger partial charge in [0.2, 0.25) is 11.8 Å². The molecule has 3 saturated heterocycles. The molecule has 316 valence electrons. The van der Waals surface area contributed by atoms with E-state index >= 15 is 8.78 Å². The number of amides is 3. The summed E-state index contributed by atoms with van der Waals surface area (Å²) < 4.78 is 57.9. The van der Waals surface area contributed by atoms with E-state index in [0.717, 1.165) is 59.8 Å². The van der Waals surface area contributed by atoms with E-state index in [1.807, 2.05) is 37.3 Å². The number of carbonyl (C=O) groups is 4. The van der Waals surface area contributed by atoms with Gasteiger partial charge in [0, 0.05) is 53.7 Å². The molecule has 4 aromatic rings. The van der Waals surface area contributed by atoms with Crippen molar-refractivity contribution in [3.8, 4) is 11.8 Å². The molecule has 60 heavy (non-hydrogen) atoms. The van der Waals surface area contributed by atoms with Crippen LogP contribution >= 0.6 is 30.7 Å². The third-order valence-corrected chi connectivity index (χ3v) is 15.2. The minimum absolute atomic E-state index is 0.00734. The van der Waals surface area contributed by atoms with E-state index in [9.17, 15) is 29.0 Å². The van der Waals surface area contributed by atoms with Crippen LogP contribution in [-0.4, -0.2) is 81.2 Å². The van der Waals surface area contributed by atoms with Crippen molar-refractivity contribution in [2.75, 3.05) is 25.4 Å². The quantitative estimate of drug-likeness (QED) is 0.0962. The molecule has 12 nitrogen and oxygen atoms in total. The summed E-state index contributed by atoms with van der Waals surface area (Å²) in [6.45, 7) is 2.06. The van der Waals surface area contributed by atoms with E-state index in [0.29, 0.717) is 49.8 Å². The van der Waals surface area contributed by atoms with Gasteiger partial charge in [0.25, 0.3) is 5.91 Å². The summed E-state index contributed by atoms with van der Waals surface area (Å²) in [5.41, 5.74) is -3.83. The Bertz CT molecular complexity index is 2290. The molecule has 2 aromatic carbocycles. The second kappa shape index (κ2) is 18.9. The van der Waals surface area contributed by atoms with Gasteiger partial charge in [0.05, 0.1) is 29.7 Å². The van der Waals surface area contributed by atoms with Crippen molar-refractivity contribution in [2.45, 2.75) is 88.0 Å². The lowest BCUT2D eigenvalue weighted by Crippen LogP contribution is -2.56. The first-order valence-corrected chi connectivity index (χ1v) is 23.5. The fourth-order valence-corrected chi connectivity index (χ4v) is 11.6. The van der Waals surface area contributed by atoms with E-state index in [-0.39, 0.29) is 63.1 Å². The number of aromatic nitrogens is 1. The van der Waals surface area contributed by atoms with E-state index < -0.39 is 43.4 Å². The molecule has 0 spiro atoms. The summed E-state index contributed by atoms with van der Waals surface area (Å²) in [5.74, 6) is -1.78. The Morgan fingerprint density at radius 3 is 2.60 bits per heavy atom. The van der Waals surface area contributed by atoms with Crippen molar-refractivity contribution < 1.29 is 41.6 Å². The van der Waals surface area contributed by atoms with Gasteiger partial charge in [-0.25, -0.2) is 4.57 Å². The first-order valence-electron chi connectivity index (χ1n) is 20.2. The lowest BCUT2D eigenvalue weighted by Gasteiger charge is -2.36. The molecule has 17 heteroatoms. The van der Waals surface area contributed by atoms with Crippen LogP contribution in [0.2, 0.25) is 0 Å². The fraction of sp³-hybridized carbons (Fsp3) is 0.442. The Morgan fingerprint density at radius 2 is 1.85 bits per heavy atom. The Hall–Kier alpha value is -4.68. The van der Waals surface area contributed by atoms with E-state index in [4.69, 9.17) is 9.05 Å². The average Bonchev–Trinajstić information content (AvgIpc) is 4.00. The van der Waals surface area contributed by atoms with Crippen molar-refractivity contribution in [3.63, 3.8) is 0 Å². The van der Waals surface area contributed by atoms with Crippen molar-refractivity contribution in [1.82, 2.24) is 20.1 Å². The minimum atomic E-state index is -5.28. The number of benzene rings is 2. The largest absolute Gasteiger partial charge is 0.453 e. The molecule has 3 aliphatic rings. The van der Waals surface area contributed by atoms with Gasteiger partial charge in [-0.05, 0) is 73.4 Å². The molecule has 0 aliphatic carbocycles. The molecular weight excluding hydrogens is 832 g/mol. The highest BCUT2D eigenvalue weighted by Gasteiger charge is 2.57. The van der Waals surface area contributed by atoms with Crippen LogP contribution in [0.15, 0.2) is 79.1 Å². The number of alkyl halides is 2. The Morgan fingerprint density at radius 1 is 1.05 bits per heavy atom. The summed E-state index contributed by atoms with van der Waals surface area (Å²) >= 11 is 1.96. The maximum Gasteiger partial charge on any atom is 0.453 e. The number of likely N-dealkylation sites (tertiary alicyclic amines) is 1. The van der Waals surface area contributed by atoms with Gasteiger partial charge in [-0.1, -0.05) is 67.9 Å². The number of rotatable bonds is 14. The summed E-state index contributed by atoms with van der Waals surface area (Å²) in [5, 5.41) is 13.0. The van der Waals surface area contributed by atoms with Gasteiger partial charge in [-0.2, -0.15) is 14.0 Å². The van der Waals surface area contributed by atoms with Crippen LogP contribution in [0.4, 0.5) is 8.78 Å². The molecule has 1 N–H and O–H groups in total. The molecule has 0 saturated carbocycles. The predicted octanol–water partition coefficient (Wildman–Crippen LogP) is 8.49. The number of thiophene rings is 1. The fourth-order valence-electron chi connectivity index (χ4n) is 8.30. The van der Waals surface area contributed by atoms with Crippen LogP contribution in [0.25, 0.3) is 10.1 Å². The van der Waals surface area contributed by atoms with Crippen LogP contribution in [-0.2, 0) is 29.1 Å². The predicted molar refractivity (Wildman–Crippen MR) is 225 cm³/mol. The molecule has 6 atom stereocenters. The van der Waals surface area contributed by atoms with Gasteiger partial charge in [0.15, 0.2) is 5.12 Å². The molecule has 3 aliphatic heterocycles. The van der Waals surface area contributed by atoms with Crippen molar-refractivity contribution >= 4 is 63.6 Å². The summed E-state index contributed by atoms with van der Waals surface area (Å²) in [7, 11) is -5.28. The minimum Gasteiger partial charge on any atom is -0.419 e. The standard InChI is InChI=1S/C43H46F2N5O7PS2/c1-2-9-39(51)59-21-20-56-58(55,57-33-13-8-19-47-25-33)43(44,45)31-15-18-37-29(22-31)23-38(60-37)40(52)48-35-14-7-6-12-32-16-17-36(50(32)41(35)53)42(54)49-26-30(24-46)34(27-49)28-10-4-3-5-11-28/h3-5,8,10-11,13,15,18-19,22-23,25,30,32,34-36H,2,6-7,9,12,14,16-17,20-21,26-27H2,1H3,(H,48,52)/t30-,32-,34+,35-,36-,58?/m0/s1. The number of pyridine rings is 1. The smallest absolute Gasteiger partial charge is 0.419 e. The molecule has 3 amide bonds. The van der Waals surface area contributed by atoms with Crippen LogP contribution in [0, 0.1) is 17.2 Å². The monoisotopic (exact) mass is 877 g/mol. The third-order valence-electron chi connectivity index (χ3n) is 11.3. The van der Waals surface area contributed by atoms with Crippen LogP contribution in [0.5, 0.6) is 5.75 Å². The van der Waals surface area contributed by atoms with Crippen LogP contribution in [0.3, 0.4) is 0 Å². The number of hydrogen-bond acceptors (Lipinski definition) is 11. The molecule has 2 aromatic heterocycles. The second-order valence-corrected chi connectivity index (χ2v) is 19.5. The number of carbonyl (C=O) groups excluding carboxylic acids is 4. The first kappa shape index (κ1) is 43.4. The van der Waals surface area contributed by atoms with Crippen molar-refractivity contribution in [2.24, 2.45) is 5.92 Å². The number of hydrogen-bond donors (Lipinski definition) is 1. The zero-order chi connectivity index (χ0) is 42.4. The number of nitrogens with zero attached hydrogens (tertiary/aromatic N) is 4. The summed E-state index contributed by atoms with van der Waals surface area (Å²) in [6.07, 6.45) is 7.25. The highest BCUT2D eigenvalue weighted by atomic mass is 32.2. The second-order valence-electron chi connectivity index (χ2n) is 15.3. The summed E-state index contributed by atoms with van der Waals surface area (Å²) in [6, 6.07) is 18.1. The highest BCUT2D eigenvalue weighted by Crippen LogP contribution is 2.66. The number of nitrogens with one attached hydrogen (secondary N) is 1. The van der Waals surface area contributed by atoms with Crippen molar-refractivity contribution in [3.05, 3.63) is 95.1 Å². The Balaban J connectivity index is 1.06. The average molecular weight is 878 g/mol. The molecular formula is C43H46F2N5O7PS2.